The van der Waals surface area contributed by atoms with Gasteiger partial charge in [-0.25, -0.2) is 0 Å². The molecule has 1 fully saturated rings. The maximum Gasteiger partial charge on any atom is 0.231 e. The van der Waals surface area contributed by atoms with Crippen LogP contribution in [0.25, 0.3) is 10.9 Å². The summed E-state index contributed by atoms with van der Waals surface area (Å²) in [6, 6.07) is 18.7. The Morgan fingerprint density at radius 3 is 2.85 bits per heavy atom. The number of benzene rings is 2. The van der Waals surface area contributed by atoms with Gasteiger partial charge in [-0.05, 0) is 49.7 Å². The summed E-state index contributed by atoms with van der Waals surface area (Å²) in [6.07, 6.45) is 2.87. The fourth-order valence-corrected chi connectivity index (χ4v) is 3.91. The smallest absolute Gasteiger partial charge is 0.231 e. The Morgan fingerprint density at radius 2 is 2.04 bits per heavy atom. The summed E-state index contributed by atoms with van der Waals surface area (Å²) in [7, 11) is 0. The molecule has 0 saturated carbocycles. The highest BCUT2D eigenvalue weighted by molar-refractivity contribution is 5.97. The predicted octanol–water partition coefficient (Wildman–Crippen LogP) is 4.04. The van der Waals surface area contributed by atoms with Gasteiger partial charge in [-0.2, -0.15) is 0 Å². The van der Waals surface area contributed by atoms with Gasteiger partial charge >= 0.3 is 0 Å². The van der Waals surface area contributed by atoms with Crippen LogP contribution in [0.3, 0.4) is 0 Å². The van der Waals surface area contributed by atoms with Crippen molar-refractivity contribution < 1.29 is 4.79 Å². The summed E-state index contributed by atoms with van der Waals surface area (Å²) < 4.78 is 0. The second-order valence-corrected chi connectivity index (χ2v) is 7.04. The molecule has 4 heteroatoms. The highest BCUT2D eigenvalue weighted by Crippen LogP contribution is 2.26. The number of nitrogens with zero attached hydrogens (tertiary/aromatic N) is 2. The molecule has 2 aromatic carbocycles. The van der Waals surface area contributed by atoms with Crippen molar-refractivity contribution in [1.29, 1.82) is 0 Å². The molecule has 1 N–H and O–H groups in total. The standard InChI is InChI=1S/C22H25N3O/c1-2-25(20-8-9-21-18(14-20)10-12-23-21)22(26)19-11-13-24(16-19)15-17-6-4-3-5-7-17/h3-10,12,14,19,23H,2,11,13,15-16H2,1H3. The Labute approximate surface area is 154 Å². The van der Waals surface area contributed by atoms with Gasteiger partial charge in [0.05, 0.1) is 5.92 Å². The highest BCUT2D eigenvalue weighted by atomic mass is 16.2. The van der Waals surface area contributed by atoms with Gasteiger partial charge in [0.2, 0.25) is 5.91 Å². The zero-order valence-corrected chi connectivity index (χ0v) is 15.2. The number of hydrogen-bond acceptors (Lipinski definition) is 2. The molecule has 0 spiro atoms. The van der Waals surface area contributed by atoms with Gasteiger partial charge in [-0.15, -0.1) is 0 Å². The quantitative estimate of drug-likeness (QED) is 0.756. The normalized spacial score (nSPS) is 17.7. The Bertz CT molecular complexity index is 887. The molecular formula is C22H25N3O. The van der Waals surface area contributed by atoms with E-state index in [2.05, 4.69) is 53.2 Å². The third-order valence-corrected chi connectivity index (χ3v) is 5.30. The fraction of sp³-hybridized carbons (Fsp3) is 0.318. The topological polar surface area (TPSA) is 39.3 Å². The van der Waals surface area contributed by atoms with Crippen molar-refractivity contribution in [3.05, 3.63) is 66.4 Å². The van der Waals surface area contributed by atoms with Gasteiger partial charge in [-0.1, -0.05) is 30.3 Å². The molecule has 2 heterocycles. The molecule has 1 amide bonds. The second-order valence-electron chi connectivity index (χ2n) is 7.04. The molecule has 1 saturated heterocycles. The minimum atomic E-state index is 0.0839. The van der Waals surface area contributed by atoms with Crippen LogP contribution in [0, 0.1) is 5.92 Å². The van der Waals surface area contributed by atoms with Gasteiger partial charge < -0.3 is 9.88 Å². The number of carbonyl (C=O) groups is 1. The lowest BCUT2D eigenvalue weighted by molar-refractivity contribution is -0.122. The van der Waals surface area contributed by atoms with Crippen molar-refractivity contribution in [2.24, 2.45) is 5.92 Å². The van der Waals surface area contributed by atoms with Crippen LogP contribution in [0.1, 0.15) is 18.9 Å². The maximum atomic E-state index is 13.1. The van der Waals surface area contributed by atoms with Crippen molar-refractivity contribution in [2.45, 2.75) is 19.9 Å². The number of rotatable bonds is 5. The molecule has 1 aliphatic heterocycles. The molecule has 1 unspecified atom stereocenters. The van der Waals surface area contributed by atoms with Crippen LogP contribution in [0.15, 0.2) is 60.8 Å². The third kappa shape index (κ3) is 3.37. The lowest BCUT2D eigenvalue weighted by Gasteiger charge is -2.25. The Morgan fingerprint density at radius 1 is 1.19 bits per heavy atom. The zero-order chi connectivity index (χ0) is 17.9. The first-order valence-electron chi connectivity index (χ1n) is 9.39. The number of aromatic nitrogens is 1. The van der Waals surface area contributed by atoms with Gasteiger partial charge in [-0.3, -0.25) is 9.69 Å². The first-order chi connectivity index (χ1) is 12.7. The van der Waals surface area contributed by atoms with E-state index in [1.807, 2.05) is 29.3 Å². The summed E-state index contributed by atoms with van der Waals surface area (Å²) >= 11 is 0. The van der Waals surface area contributed by atoms with E-state index in [1.54, 1.807) is 0 Å². The van der Waals surface area contributed by atoms with Crippen molar-refractivity contribution in [2.75, 3.05) is 24.5 Å². The number of likely N-dealkylation sites (tertiary alicyclic amines) is 1. The SMILES string of the molecule is CCN(C(=O)C1CCN(Cc2ccccc2)C1)c1ccc2[nH]ccc2c1. The van der Waals surface area contributed by atoms with Crippen LogP contribution in [-0.2, 0) is 11.3 Å². The number of hydrogen-bond donors (Lipinski definition) is 1. The van der Waals surface area contributed by atoms with E-state index >= 15 is 0 Å². The van der Waals surface area contributed by atoms with E-state index in [4.69, 9.17) is 0 Å². The second kappa shape index (κ2) is 7.34. The van der Waals surface area contributed by atoms with Crippen LogP contribution in [0.2, 0.25) is 0 Å². The molecule has 3 aromatic rings. The average molecular weight is 347 g/mol. The fourth-order valence-electron chi connectivity index (χ4n) is 3.91. The summed E-state index contributed by atoms with van der Waals surface area (Å²) in [5.41, 5.74) is 3.41. The van der Waals surface area contributed by atoms with E-state index in [-0.39, 0.29) is 11.8 Å². The Hall–Kier alpha value is -2.59. The molecular weight excluding hydrogens is 322 g/mol. The third-order valence-electron chi connectivity index (χ3n) is 5.30. The summed E-state index contributed by atoms with van der Waals surface area (Å²) in [5.74, 6) is 0.332. The largest absolute Gasteiger partial charge is 0.361 e. The number of carbonyl (C=O) groups excluding carboxylic acids is 1. The molecule has 0 radical (unpaired) electrons. The first kappa shape index (κ1) is 16.9. The van der Waals surface area contributed by atoms with Crippen molar-refractivity contribution in [3.8, 4) is 0 Å². The summed E-state index contributed by atoms with van der Waals surface area (Å²) in [6.45, 7) is 5.50. The van der Waals surface area contributed by atoms with Crippen LogP contribution >= 0.6 is 0 Å². The lowest BCUT2D eigenvalue weighted by Crippen LogP contribution is -2.37. The number of amides is 1. The molecule has 134 valence electrons. The minimum absolute atomic E-state index is 0.0839. The van der Waals surface area contributed by atoms with Crippen LogP contribution in [0.5, 0.6) is 0 Å². The van der Waals surface area contributed by atoms with E-state index in [1.165, 1.54) is 5.56 Å². The van der Waals surface area contributed by atoms with E-state index in [9.17, 15) is 4.79 Å². The van der Waals surface area contributed by atoms with E-state index in [0.29, 0.717) is 6.54 Å². The number of anilines is 1. The Balaban J connectivity index is 1.45. The van der Waals surface area contributed by atoms with Crippen LogP contribution in [0.4, 0.5) is 5.69 Å². The number of nitrogens with one attached hydrogen (secondary N) is 1. The minimum Gasteiger partial charge on any atom is -0.361 e. The predicted molar refractivity (Wildman–Crippen MR) is 106 cm³/mol. The molecule has 4 rings (SSSR count). The van der Waals surface area contributed by atoms with Crippen LogP contribution < -0.4 is 4.90 Å². The molecule has 0 bridgehead atoms. The van der Waals surface area contributed by atoms with E-state index < -0.39 is 0 Å². The molecule has 26 heavy (non-hydrogen) atoms. The molecule has 1 atom stereocenters. The molecule has 4 nitrogen and oxygen atoms in total. The van der Waals surface area contributed by atoms with Crippen molar-refractivity contribution in [1.82, 2.24) is 9.88 Å². The summed E-state index contributed by atoms with van der Waals surface area (Å²) in [5, 5.41) is 1.14. The van der Waals surface area contributed by atoms with Crippen LogP contribution in [-0.4, -0.2) is 35.4 Å². The van der Waals surface area contributed by atoms with Gasteiger partial charge in [0.1, 0.15) is 0 Å². The maximum absolute atomic E-state index is 13.1. The van der Waals surface area contributed by atoms with Crippen molar-refractivity contribution >= 4 is 22.5 Å². The molecule has 0 aliphatic carbocycles. The average Bonchev–Trinajstić information content (AvgIpc) is 3.32. The lowest BCUT2D eigenvalue weighted by atomic mass is 10.1. The zero-order valence-electron chi connectivity index (χ0n) is 15.2. The van der Waals surface area contributed by atoms with Gasteiger partial charge in [0, 0.05) is 42.4 Å². The van der Waals surface area contributed by atoms with E-state index in [0.717, 1.165) is 42.6 Å². The number of aromatic amines is 1. The Kier molecular flexibility index (Phi) is 4.76. The highest BCUT2D eigenvalue weighted by Gasteiger charge is 2.31. The molecule has 1 aromatic heterocycles. The van der Waals surface area contributed by atoms with Gasteiger partial charge in [0.25, 0.3) is 0 Å². The number of fused-ring (bicyclic) bond motifs is 1. The summed E-state index contributed by atoms with van der Waals surface area (Å²) in [4.78, 5) is 20.7. The first-order valence-corrected chi connectivity index (χ1v) is 9.39. The monoisotopic (exact) mass is 347 g/mol. The van der Waals surface area contributed by atoms with Gasteiger partial charge in [0.15, 0.2) is 0 Å². The molecule has 1 aliphatic rings. The number of H-pyrrole nitrogens is 1. The van der Waals surface area contributed by atoms with Crippen molar-refractivity contribution in [3.63, 3.8) is 0 Å².